The number of H-pyrrole nitrogens is 1. The van der Waals surface area contributed by atoms with Crippen molar-refractivity contribution in [3.05, 3.63) is 16.2 Å². The Morgan fingerprint density at radius 1 is 1.45 bits per heavy atom. The minimum Gasteiger partial charge on any atom is -0.394 e. The molecular formula is C9H14N5O5P. The zero-order valence-electron chi connectivity index (χ0n) is 10.6. The number of nitrogen functional groups attached to an aromatic ring is 1. The molecule has 0 saturated heterocycles. The van der Waals surface area contributed by atoms with Crippen LogP contribution in [0.25, 0.3) is 11.2 Å². The van der Waals surface area contributed by atoms with E-state index in [9.17, 15) is 9.36 Å². The van der Waals surface area contributed by atoms with E-state index >= 15 is 0 Å². The van der Waals surface area contributed by atoms with Crippen molar-refractivity contribution in [1.82, 2.24) is 19.7 Å². The summed E-state index contributed by atoms with van der Waals surface area (Å²) in [7, 11) is -4.43. The normalized spacial score (nSPS) is 11.9. The number of imidazole rings is 1. The van der Waals surface area contributed by atoms with Crippen LogP contribution in [0.1, 0.15) is 19.2 Å². The molecule has 0 aliphatic carbocycles. The van der Waals surface area contributed by atoms with E-state index < -0.39 is 19.5 Å². The van der Waals surface area contributed by atoms with Crippen LogP contribution in [-0.2, 0) is 11.0 Å². The number of anilines is 1. The number of hydrogen-bond acceptors (Lipinski definition) is 6. The Hall–Kier alpha value is -1.90. The van der Waals surface area contributed by atoms with Gasteiger partial charge in [0.05, 0.1) is 0 Å². The van der Waals surface area contributed by atoms with E-state index in [4.69, 9.17) is 20.4 Å². The zero-order chi connectivity index (χ0) is 14.9. The van der Waals surface area contributed by atoms with Crippen LogP contribution in [0.15, 0.2) is 4.79 Å². The van der Waals surface area contributed by atoms with Crippen LogP contribution < -0.4 is 16.1 Å². The highest BCUT2D eigenvalue weighted by atomic mass is 31.2. The first-order valence-electron chi connectivity index (χ1n) is 5.77. The third-order valence-electron chi connectivity index (χ3n) is 2.40. The highest BCUT2D eigenvalue weighted by molar-refractivity contribution is 7.51. The standard InChI is InChI=1S/C9H14N5O5P/c1-2-3-5-11-6-7(12-5)13-9(10)14(8(6)15)19-4-20(16,17)18/h2-4H2,1H3,(H2,10,13)(H,11,12)(H2,16,17,18). The molecule has 0 spiro atoms. The summed E-state index contributed by atoms with van der Waals surface area (Å²) in [4.78, 5) is 45.1. The van der Waals surface area contributed by atoms with Gasteiger partial charge < -0.3 is 25.3 Å². The highest BCUT2D eigenvalue weighted by Crippen LogP contribution is 2.32. The number of rotatable bonds is 5. The molecule has 0 atom stereocenters. The lowest BCUT2D eigenvalue weighted by molar-refractivity contribution is 0.128. The molecule has 0 amide bonds. The van der Waals surface area contributed by atoms with Crippen molar-refractivity contribution in [2.75, 3.05) is 12.1 Å². The minimum atomic E-state index is -4.43. The second-order valence-corrected chi connectivity index (χ2v) is 5.71. The molecule has 11 heteroatoms. The van der Waals surface area contributed by atoms with Crippen LogP contribution in [0, 0.1) is 0 Å². The van der Waals surface area contributed by atoms with Crippen molar-refractivity contribution in [1.29, 1.82) is 0 Å². The summed E-state index contributed by atoms with van der Waals surface area (Å²) < 4.78 is 11.3. The Morgan fingerprint density at radius 3 is 2.75 bits per heavy atom. The maximum absolute atomic E-state index is 12.1. The second-order valence-electron chi connectivity index (χ2n) is 4.12. The van der Waals surface area contributed by atoms with Crippen molar-refractivity contribution in [2.24, 2.45) is 0 Å². The van der Waals surface area contributed by atoms with Crippen molar-refractivity contribution < 1.29 is 19.2 Å². The summed E-state index contributed by atoms with van der Waals surface area (Å²) in [5.41, 5.74) is 5.03. The number of nitrogens with zero attached hydrogens (tertiary/aromatic N) is 3. The molecule has 0 saturated carbocycles. The molecule has 0 bridgehead atoms. The first-order chi connectivity index (χ1) is 9.31. The van der Waals surface area contributed by atoms with E-state index in [1.54, 1.807) is 0 Å². The van der Waals surface area contributed by atoms with Crippen LogP contribution >= 0.6 is 7.60 Å². The molecule has 0 fully saturated rings. The van der Waals surface area contributed by atoms with Gasteiger partial charge in [-0.15, -0.1) is 4.73 Å². The van der Waals surface area contributed by atoms with Gasteiger partial charge in [-0.25, -0.2) is 4.98 Å². The van der Waals surface area contributed by atoms with Gasteiger partial charge >= 0.3 is 13.2 Å². The monoisotopic (exact) mass is 303 g/mol. The lowest BCUT2D eigenvalue weighted by Crippen LogP contribution is -2.31. The molecule has 2 aromatic heterocycles. The topological polar surface area (TPSA) is 156 Å². The average Bonchev–Trinajstić information content (AvgIpc) is 2.70. The minimum absolute atomic E-state index is 0.00774. The number of nitrogens with two attached hydrogens (primary N) is 1. The summed E-state index contributed by atoms with van der Waals surface area (Å²) in [5, 5.41) is 0. The number of aromatic amines is 1. The third-order valence-corrected chi connectivity index (χ3v) is 2.85. The fourth-order valence-corrected chi connectivity index (χ4v) is 1.88. The van der Waals surface area contributed by atoms with E-state index in [0.29, 0.717) is 17.0 Å². The molecule has 0 aromatic carbocycles. The molecule has 2 heterocycles. The van der Waals surface area contributed by atoms with Crippen molar-refractivity contribution >= 4 is 24.7 Å². The van der Waals surface area contributed by atoms with E-state index in [1.165, 1.54) is 0 Å². The maximum Gasteiger partial charge on any atom is 0.365 e. The van der Waals surface area contributed by atoms with Gasteiger partial charge in [-0.1, -0.05) is 6.92 Å². The van der Waals surface area contributed by atoms with Crippen LogP contribution in [0.5, 0.6) is 0 Å². The smallest absolute Gasteiger partial charge is 0.365 e. The van der Waals surface area contributed by atoms with Gasteiger partial charge in [-0.05, 0) is 6.42 Å². The Labute approximate surface area is 112 Å². The molecule has 10 nitrogen and oxygen atoms in total. The van der Waals surface area contributed by atoms with E-state index in [1.807, 2.05) is 6.92 Å². The molecular weight excluding hydrogens is 289 g/mol. The Balaban J connectivity index is 2.45. The van der Waals surface area contributed by atoms with Crippen molar-refractivity contribution in [3.63, 3.8) is 0 Å². The quantitative estimate of drug-likeness (QED) is 0.524. The molecule has 0 unspecified atom stereocenters. The number of fused-ring (bicyclic) bond motifs is 1. The summed E-state index contributed by atoms with van der Waals surface area (Å²) in [5.74, 6) is 0.266. The van der Waals surface area contributed by atoms with Gasteiger partial charge in [-0.3, -0.25) is 9.36 Å². The van der Waals surface area contributed by atoms with Gasteiger partial charge in [0.1, 0.15) is 5.82 Å². The van der Waals surface area contributed by atoms with E-state index in [2.05, 4.69) is 15.0 Å². The van der Waals surface area contributed by atoms with Crippen LogP contribution in [0.4, 0.5) is 5.95 Å². The highest BCUT2D eigenvalue weighted by Gasteiger charge is 2.18. The third kappa shape index (κ3) is 2.98. The summed E-state index contributed by atoms with van der Waals surface area (Å²) in [6, 6.07) is 0. The lowest BCUT2D eigenvalue weighted by atomic mass is 10.3. The van der Waals surface area contributed by atoms with Crippen LogP contribution in [-0.4, -0.2) is 35.8 Å². The van der Waals surface area contributed by atoms with Gasteiger partial charge in [0.25, 0.3) is 0 Å². The van der Waals surface area contributed by atoms with Gasteiger partial charge in [0.2, 0.25) is 12.3 Å². The lowest BCUT2D eigenvalue weighted by Gasteiger charge is -2.10. The molecule has 0 aliphatic heterocycles. The second kappa shape index (κ2) is 5.23. The van der Waals surface area contributed by atoms with E-state index in [0.717, 1.165) is 6.42 Å². The maximum atomic E-state index is 12.1. The molecule has 0 radical (unpaired) electrons. The van der Waals surface area contributed by atoms with Crippen molar-refractivity contribution in [3.8, 4) is 0 Å². The summed E-state index contributed by atoms with van der Waals surface area (Å²) in [6.45, 7) is 1.95. The molecule has 0 aliphatic rings. The van der Waals surface area contributed by atoms with Crippen molar-refractivity contribution in [2.45, 2.75) is 19.8 Å². The number of aromatic nitrogens is 4. The fraction of sp³-hybridized carbons (Fsp3) is 0.444. The largest absolute Gasteiger partial charge is 0.394 e. The first-order valence-corrected chi connectivity index (χ1v) is 7.56. The number of aryl methyl sites for hydroxylation is 1. The van der Waals surface area contributed by atoms with Gasteiger partial charge in [0, 0.05) is 6.42 Å². The SMILES string of the molecule is CCCc1nc2c(=O)n(OCP(=O)(O)O)c(N)nc2[nH]1. The first kappa shape index (κ1) is 14.5. The Kier molecular flexibility index (Phi) is 3.80. The predicted molar refractivity (Wildman–Crippen MR) is 70.0 cm³/mol. The van der Waals surface area contributed by atoms with Crippen LogP contribution in [0.3, 0.4) is 0 Å². The molecule has 5 N–H and O–H groups in total. The Bertz CT molecular complexity index is 732. The predicted octanol–water partition coefficient (Wildman–Crippen LogP) is -0.782. The molecule has 2 rings (SSSR count). The summed E-state index contributed by atoms with van der Waals surface area (Å²) in [6.07, 6.45) is 0.494. The zero-order valence-corrected chi connectivity index (χ0v) is 11.5. The number of nitrogens with one attached hydrogen (secondary N) is 1. The van der Waals surface area contributed by atoms with E-state index in [-0.39, 0.29) is 17.1 Å². The number of hydrogen-bond donors (Lipinski definition) is 4. The average molecular weight is 303 g/mol. The van der Waals surface area contributed by atoms with Gasteiger partial charge in [-0.2, -0.15) is 4.98 Å². The Morgan fingerprint density at radius 2 is 2.15 bits per heavy atom. The fourth-order valence-electron chi connectivity index (χ4n) is 1.61. The van der Waals surface area contributed by atoms with Gasteiger partial charge in [0.15, 0.2) is 11.2 Å². The summed E-state index contributed by atoms with van der Waals surface area (Å²) >= 11 is 0. The molecule has 110 valence electrons. The molecule has 2 aromatic rings. The molecule has 20 heavy (non-hydrogen) atoms. The van der Waals surface area contributed by atoms with Crippen LogP contribution in [0.2, 0.25) is 0 Å².